The van der Waals surface area contributed by atoms with Crippen LogP contribution in [0.1, 0.15) is 43.2 Å². The zero-order chi connectivity index (χ0) is 18.6. The zero-order valence-electron chi connectivity index (χ0n) is 15.3. The van der Waals surface area contributed by atoms with Crippen molar-refractivity contribution in [1.82, 2.24) is 15.6 Å². The van der Waals surface area contributed by atoms with Crippen molar-refractivity contribution in [3.8, 4) is 5.75 Å². The molecule has 0 unspecified atom stereocenters. The summed E-state index contributed by atoms with van der Waals surface area (Å²) in [5.41, 5.74) is 1.85. The number of nitrogens with one attached hydrogen (secondary N) is 2. The van der Waals surface area contributed by atoms with Gasteiger partial charge in [0.05, 0.1) is 23.9 Å². The van der Waals surface area contributed by atoms with Crippen molar-refractivity contribution in [3.05, 3.63) is 35.5 Å². The standard InChI is InChI=1S/C19H25N3O3/c1-6-11(2)20-18(23)13(4)22-19(24)16-10-14-9-15(25-5)7-8-17(14)21-12(16)3/h7-11,13H,6H2,1-5H3,(H,20,23)(H,22,24)/t11-,13-/m1/s1. The molecule has 0 aliphatic heterocycles. The van der Waals surface area contributed by atoms with Crippen LogP contribution in [0, 0.1) is 6.92 Å². The molecule has 2 aromatic rings. The van der Waals surface area contributed by atoms with Crippen molar-refractivity contribution in [1.29, 1.82) is 0 Å². The Morgan fingerprint density at radius 1 is 1.20 bits per heavy atom. The molecule has 6 heteroatoms. The molecule has 2 N–H and O–H groups in total. The number of nitrogens with zero attached hydrogens (tertiary/aromatic N) is 1. The van der Waals surface area contributed by atoms with Gasteiger partial charge in [-0.25, -0.2) is 0 Å². The van der Waals surface area contributed by atoms with Gasteiger partial charge in [0.15, 0.2) is 0 Å². The number of amides is 2. The molecule has 0 aliphatic rings. The van der Waals surface area contributed by atoms with Gasteiger partial charge in [-0.2, -0.15) is 0 Å². The number of methoxy groups -OCH3 is 1. The lowest BCUT2D eigenvalue weighted by Gasteiger charge is -2.18. The lowest BCUT2D eigenvalue weighted by molar-refractivity contribution is -0.123. The van der Waals surface area contributed by atoms with Crippen LogP contribution in [-0.2, 0) is 4.79 Å². The number of ether oxygens (including phenoxy) is 1. The highest BCUT2D eigenvalue weighted by molar-refractivity contribution is 6.00. The molecule has 0 aliphatic carbocycles. The summed E-state index contributed by atoms with van der Waals surface area (Å²) in [6.45, 7) is 7.37. The number of aromatic nitrogens is 1. The molecule has 0 saturated heterocycles. The van der Waals surface area contributed by atoms with E-state index in [1.807, 2.05) is 32.0 Å². The van der Waals surface area contributed by atoms with Crippen LogP contribution in [0.25, 0.3) is 10.9 Å². The van der Waals surface area contributed by atoms with Gasteiger partial charge in [0.1, 0.15) is 11.8 Å². The summed E-state index contributed by atoms with van der Waals surface area (Å²) in [4.78, 5) is 29.1. The van der Waals surface area contributed by atoms with E-state index in [2.05, 4.69) is 15.6 Å². The molecular weight excluding hydrogens is 318 g/mol. The Bertz CT molecular complexity index is 789. The first-order chi connectivity index (χ1) is 11.8. The van der Waals surface area contributed by atoms with Crippen molar-refractivity contribution in [2.45, 2.75) is 46.2 Å². The Hall–Kier alpha value is -2.63. The number of hydrogen-bond donors (Lipinski definition) is 2. The predicted molar refractivity (Wildman–Crippen MR) is 97.9 cm³/mol. The maximum atomic E-state index is 12.6. The van der Waals surface area contributed by atoms with E-state index in [4.69, 9.17) is 4.74 Å². The Balaban J connectivity index is 2.20. The molecule has 2 rings (SSSR count). The summed E-state index contributed by atoms with van der Waals surface area (Å²) in [6, 6.07) is 6.73. The van der Waals surface area contributed by atoms with Crippen LogP contribution >= 0.6 is 0 Å². The fourth-order valence-electron chi connectivity index (χ4n) is 2.42. The SMILES string of the molecule is CC[C@@H](C)NC(=O)[C@@H](C)NC(=O)c1cc2cc(OC)ccc2nc1C. The van der Waals surface area contributed by atoms with E-state index in [1.165, 1.54) is 0 Å². The Morgan fingerprint density at radius 3 is 2.56 bits per heavy atom. The molecule has 0 fully saturated rings. The topological polar surface area (TPSA) is 80.3 Å². The average molecular weight is 343 g/mol. The smallest absolute Gasteiger partial charge is 0.253 e. The fourth-order valence-corrected chi connectivity index (χ4v) is 2.42. The van der Waals surface area contributed by atoms with Gasteiger partial charge >= 0.3 is 0 Å². The molecule has 1 aromatic heterocycles. The third kappa shape index (κ3) is 4.47. The van der Waals surface area contributed by atoms with E-state index < -0.39 is 6.04 Å². The van der Waals surface area contributed by atoms with Gasteiger partial charge in [0.25, 0.3) is 5.91 Å². The van der Waals surface area contributed by atoms with E-state index in [0.717, 1.165) is 17.3 Å². The molecule has 6 nitrogen and oxygen atoms in total. The number of benzene rings is 1. The number of aryl methyl sites for hydroxylation is 1. The second-order valence-electron chi connectivity index (χ2n) is 6.19. The molecule has 0 bridgehead atoms. The minimum atomic E-state index is -0.623. The third-order valence-electron chi connectivity index (χ3n) is 4.20. The molecular formula is C19H25N3O3. The highest BCUT2D eigenvalue weighted by Gasteiger charge is 2.19. The largest absolute Gasteiger partial charge is 0.497 e. The lowest BCUT2D eigenvalue weighted by Crippen LogP contribution is -2.47. The Morgan fingerprint density at radius 2 is 1.92 bits per heavy atom. The van der Waals surface area contributed by atoms with Crippen molar-refractivity contribution >= 4 is 22.7 Å². The van der Waals surface area contributed by atoms with Crippen LogP contribution in [0.3, 0.4) is 0 Å². The van der Waals surface area contributed by atoms with E-state index >= 15 is 0 Å². The highest BCUT2D eigenvalue weighted by Crippen LogP contribution is 2.22. The number of pyridine rings is 1. The normalized spacial score (nSPS) is 13.2. The van der Waals surface area contributed by atoms with Gasteiger partial charge in [-0.15, -0.1) is 0 Å². The number of carbonyl (C=O) groups excluding carboxylic acids is 2. The maximum Gasteiger partial charge on any atom is 0.253 e. The molecule has 0 spiro atoms. The summed E-state index contributed by atoms with van der Waals surface area (Å²) in [7, 11) is 1.59. The van der Waals surface area contributed by atoms with Gasteiger partial charge < -0.3 is 15.4 Å². The van der Waals surface area contributed by atoms with E-state index in [9.17, 15) is 9.59 Å². The molecule has 1 heterocycles. The molecule has 2 amide bonds. The monoisotopic (exact) mass is 343 g/mol. The number of carbonyl (C=O) groups is 2. The lowest BCUT2D eigenvalue weighted by atomic mass is 10.1. The van der Waals surface area contributed by atoms with E-state index in [0.29, 0.717) is 17.0 Å². The van der Waals surface area contributed by atoms with Crippen LogP contribution in [-0.4, -0.2) is 36.0 Å². The van der Waals surface area contributed by atoms with Crippen molar-refractivity contribution in [3.63, 3.8) is 0 Å². The van der Waals surface area contributed by atoms with Crippen molar-refractivity contribution in [2.24, 2.45) is 0 Å². The fraction of sp³-hybridized carbons (Fsp3) is 0.421. The highest BCUT2D eigenvalue weighted by atomic mass is 16.5. The Labute approximate surface area is 148 Å². The molecule has 1 aromatic carbocycles. The first-order valence-corrected chi connectivity index (χ1v) is 8.42. The molecule has 0 saturated carbocycles. The summed E-state index contributed by atoms with van der Waals surface area (Å²) in [5, 5.41) is 6.41. The number of hydrogen-bond acceptors (Lipinski definition) is 4. The number of rotatable bonds is 6. The predicted octanol–water partition coefficient (Wildman–Crippen LogP) is 2.58. The van der Waals surface area contributed by atoms with E-state index in [1.54, 1.807) is 27.0 Å². The van der Waals surface area contributed by atoms with Crippen LogP contribution in [0.5, 0.6) is 5.75 Å². The number of fused-ring (bicyclic) bond motifs is 1. The molecule has 134 valence electrons. The van der Waals surface area contributed by atoms with Gasteiger partial charge in [-0.05, 0) is 51.5 Å². The van der Waals surface area contributed by atoms with Gasteiger partial charge in [0.2, 0.25) is 5.91 Å². The van der Waals surface area contributed by atoms with Crippen LogP contribution in [0.2, 0.25) is 0 Å². The molecule has 2 atom stereocenters. The quantitative estimate of drug-likeness (QED) is 0.845. The van der Waals surface area contributed by atoms with Crippen LogP contribution in [0.4, 0.5) is 0 Å². The van der Waals surface area contributed by atoms with Crippen LogP contribution < -0.4 is 15.4 Å². The third-order valence-corrected chi connectivity index (χ3v) is 4.20. The van der Waals surface area contributed by atoms with E-state index in [-0.39, 0.29) is 17.9 Å². The molecule has 0 radical (unpaired) electrons. The molecule has 25 heavy (non-hydrogen) atoms. The zero-order valence-corrected chi connectivity index (χ0v) is 15.3. The minimum Gasteiger partial charge on any atom is -0.497 e. The first kappa shape index (κ1) is 18.7. The van der Waals surface area contributed by atoms with Crippen LogP contribution in [0.15, 0.2) is 24.3 Å². The van der Waals surface area contributed by atoms with Crippen molar-refractivity contribution < 1.29 is 14.3 Å². The second kappa shape index (κ2) is 7.96. The summed E-state index contributed by atoms with van der Waals surface area (Å²) in [5.74, 6) is 0.183. The Kier molecular flexibility index (Phi) is 5.96. The van der Waals surface area contributed by atoms with Gasteiger partial charge in [-0.3, -0.25) is 14.6 Å². The average Bonchev–Trinajstić information content (AvgIpc) is 2.60. The summed E-state index contributed by atoms with van der Waals surface area (Å²) >= 11 is 0. The van der Waals surface area contributed by atoms with Gasteiger partial charge in [-0.1, -0.05) is 6.92 Å². The maximum absolute atomic E-state index is 12.6. The minimum absolute atomic E-state index is 0.0726. The van der Waals surface area contributed by atoms with Crippen molar-refractivity contribution in [2.75, 3.05) is 7.11 Å². The summed E-state index contributed by atoms with van der Waals surface area (Å²) in [6.07, 6.45) is 0.835. The first-order valence-electron chi connectivity index (χ1n) is 8.42. The second-order valence-corrected chi connectivity index (χ2v) is 6.19. The van der Waals surface area contributed by atoms with Gasteiger partial charge in [0, 0.05) is 11.4 Å². The summed E-state index contributed by atoms with van der Waals surface area (Å²) < 4.78 is 5.22.